The average Bonchev–Trinajstić information content (AvgIpc) is 3.68. The number of thiophene rings is 1. The van der Waals surface area contributed by atoms with Gasteiger partial charge in [0.15, 0.2) is 0 Å². The molecular weight excluding hydrogens is 603 g/mol. The Balaban J connectivity index is 1.15. The molecule has 7 aromatic carbocycles. The number of para-hydroxylation sites is 1. The van der Waals surface area contributed by atoms with Crippen LogP contribution in [0.4, 0.5) is 5.69 Å². The highest BCUT2D eigenvalue weighted by Gasteiger charge is 2.17. The van der Waals surface area contributed by atoms with Crippen molar-refractivity contribution >= 4 is 65.2 Å². The maximum atomic E-state index is 6.68. The minimum absolute atomic E-state index is 0.244. The molecule has 0 fully saturated rings. The molecule has 3 nitrogen and oxygen atoms in total. The predicted octanol–water partition coefficient (Wildman–Crippen LogP) is 11.6. The van der Waals surface area contributed by atoms with Crippen LogP contribution in [0.2, 0.25) is 0 Å². The third-order valence-electron chi connectivity index (χ3n) is 9.31. The van der Waals surface area contributed by atoms with E-state index in [2.05, 4.69) is 132 Å². The normalized spacial score (nSPS) is 12.5. The van der Waals surface area contributed by atoms with Gasteiger partial charge in [0.25, 0.3) is 0 Å². The third kappa shape index (κ3) is 4.90. The maximum absolute atomic E-state index is 6.68. The fourth-order valence-electron chi connectivity index (χ4n) is 6.89. The number of hydrogen-bond acceptors (Lipinski definition) is 3. The zero-order valence-corrected chi connectivity index (χ0v) is 26.9. The van der Waals surface area contributed by atoms with Gasteiger partial charge in [0.2, 0.25) is 0 Å². The molecule has 2 heterocycles. The lowest BCUT2D eigenvalue weighted by Gasteiger charge is -2.14. The van der Waals surface area contributed by atoms with Crippen LogP contribution in [0.3, 0.4) is 0 Å². The Hall–Kier alpha value is -5.81. The summed E-state index contributed by atoms with van der Waals surface area (Å²) in [6, 6.07) is 57.7. The third-order valence-corrected chi connectivity index (χ3v) is 10.4. The summed E-state index contributed by atoms with van der Waals surface area (Å²) in [6.45, 7) is 0. The molecule has 9 aromatic rings. The average molecular weight is 634 g/mol. The highest BCUT2D eigenvalue weighted by atomic mass is 32.1. The molecule has 0 saturated carbocycles. The van der Waals surface area contributed by atoms with Gasteiger partial charge in [-0.25, -0.2) is 0 Å². The SMILES string of the molecule is NC(c1ccccc1)c1ccccc1N=Cc1ccc(-n2c3ccc(-c4ccccc4)cc3c3cc4sc5ccccc5c4cc32)cc1. The van der Waals surface area contributed by atoms with Gasteiger partial charge in [0, 0.05) is 42.8 Å². The minimum atomic E-state index is -0.244. The zero-order chi connectivity index (χ0) is 32.0. The van der Waals surface area contributed by atoms with E-state index in [0.717, 1.165) is 28.1 Å². The summed E-state index contributed by atoms with van der Waals surface area (Å²) in [6.07, 6.45) is 1.93. The molecule has 0 radical (unpaired) electrons. The van der Waals surface area contributed by atoms with E-state index in [1.807, 2.05) is 53.9 Å². The van der Waals surface area contributed by atoms with Gasteiger partial charge in [-0.2, -0.15) is 0 Å². The Morgan fingerprint density at radius 3 is 2.08 bits per heavy atom. The van der Waals surface area contributed by atoms with Crippen LogP contribution >= 0.6 is 11.3 Å². The van der Waals surface area contributed by atoms with Gasteiger partial charge in [-0.1, -0.05) is 115 Å². The molecule has 0 amide bonds. The standard InChI is InChI=1S/C44H31N3S/c45-44(31-13-5-2-6-14-31)35-16-7-9-17-39(35)46-28-29-19-22-33(23-20-29)47-40-24-21-32(30-11-3-1-4-12-30)25-36(40)37-27-43-38(26-41(37)47)34-15-8-10-18-42(34)48-43/h1-28,44H,45H2. The summed E-state index contributed by atoms with van der Waals surface area (Å²) in [4.78, 5) is 4.90. The van der Waals surface area contributed by atoms with Crippen LogP contribution in [0.25, 0.3) is 58.8 Å². The number of aliphatic imine (C=N–C) groups is 1. The van der Waals surface area contributed by atoms with Gasteiger partial charge < -0.3 is 10.3 Å². The van der Waals surface area contributed by atoms with Crippen molar-refractivity contribution in [3.05, 3.63) is 180 Å². The van der Waals surface area contributed by atoms with Crippen molar-refractivity contribution in [3.8, 4) is 16.8 Å². The predicted molar refractivity (Wildman–Crippen MR) is 205 cm³/mol. The first-order chi connectivity index (χ1) is 23.7. The number of fused-ring (bicyclic) bond motifs is 6. The van der Waals surface area contributed by atoms with Gasteiger partial charge in [0.1, 0.15) is 0 Å². The molecular formula is C44H31N3S. The second-order valence-electron chi connectivity index (χ2n) is 12.2. The first-order valence-corrected chi connectivity index (χ1v) is 17.0. The van der Waals surface area contributed by atoms with Crippen LogP contribution in [0.5, 0.6) is 0 Å². The Kier molecular flexibility index (Phi) is 6.97. The molecule has 0 saturated heterocycles. The molecule has 0 aliphatic rings. The van der Waals surface area contributed by atoms with E-state index in [1.54, 1.807) is 0 Å². The van der Waals surface area contributed by atoms with Crippen LogP contribution in [-0.2, 0) is 0 Å². The van der Waals surface area contributed by atoms with Gasteiger partial charge >= 0.3 is 0 Å². The fourth-order valence-corrected chi connectivity index (χ4v) is 8.01. The number of nitrogens with zero attached hydrogens (tertiary/aromatic N) is 2. The zero-order valence-electron chi connectivity index (χ0n) is 26.1. The lowest BCUT2D eigenvalue weighted by atomic mass is 9.98. The smallest absolute Gasteiger partial charge is 0.0681 e. The molecule has 0 bridgehead atoms. The van der Waals surface area contributed by atoms with Gasteiger partial charge in [-0.3, -0.25) is 4.99 Å². The van der Waals surface area contributed by atoms with Crippen LogP contribution in [-0.4, -0.2) is 10.8 Å². The van der Waals surface area contributed by atoms with Gasteiger partial charge in [-0.05, 0) is 76.3 Å². The lowest BCUT2D eigenvalue weighted by molar-refractivity contribution is 0.872. The summed E-state index contributed by atoms with van der Waals surface area (Å²) in [5, 5.41) is 5.12. The van der Waals surface area contributed by atoms with Crippen molar-refractivity contribution in [1.82, 2.24) is 4.57 Å². The maximum Gasteiger partial charge on any atom is 0.0681 e. The van der Waals surface area contributed by atoms with Crippen molar-refractivity contribution in [3.63, 3.8) is 0 Å². The molecule has 0 aliphatic heterocycles. The molecule has 2 aromatic heterocycles. The number of hydrogen-bond donors (Lipinski definition) is 1. The van der Waals surface area contributed by atoms with E-state index >= 15 is 0 Å². The molecule has 4 heteroatoms. The summed E-state index contributed by atoms with van der Waals surface area (Å²) < 4.78 is 5.03. The Labute approximate surface area is 282 Å². The van der Waals surface area contributed by atoms with Crippen LogP contribution in [0.1, 0.15) is 22.7 Å². The van der Waals surface area contributed by atoms with Crippen LogP contribution in [0.15, 0.2) is 169 Å². The molecule has 1 unspecified atom stereocenters. The second kappa shape index (κ2) is 11.8. The van der Waals surface area contributed by atoms with E-state index in [9.17, 15) is 0 Å². The van der Waals surface area contributed by atoms with Crippen molar-refractivity contribution in [2.45, 2.75) is 6.04 Å². The number of nitrogens with two attached hydrogens (primary N) is 1. The summed E-state index contributed by atoms with van der Waals surface area (Å²) in [5.74, 6) is 0. The fraction of sp³-hybridized carbons (Fsp3) is 0.0227. The monoisotopic (exact) mass is 633 g/mol. The molecule has 9 rings (SSSR count). The lowest BCUT2D eigenvalue weighted by Crippen LogP contribution is -2.11. The summed E-state index contributed by atoms with van der Waals surface area (Å²) >= 11 is 1.87. The minimum Gasteiger partial charge on any atom is -0.320 e. The Morgan fingerprint density at radius 1 is 0.542 bits per heavy atom. The number of benzene rings is 7. The Morgan fingerprint density at radius 2 is 1.25 bits per heavy atom. The van der Waals surface area contributed by atoms with Crippen molar-refractivity contribution in [2.75, 3.05) is 0 Å². The number of aromatic nitrogens is 1. The molecule has 228 valence electrons. The molecule has 1 atom stereocenters. The van der Waals surface area contributed by atoms with E-state index < -0.39 is 0 Å². The van der Waals surface area contributed by atoms with Crippen molar-refractivity contribution in [1.29, 1.82) is 0 Å². The first kappa shape index (κ1) is 28.4. The quantitative estimate of drug-likeness (QED) is 0.182. The van der Waals surface area contributed by atoms with Crippen molar-refractivity contribution in [2.24, 2.45) is 10.7 Å². The largest absolute Gasteiger partial charge is 0.320 e. The molecule has 0 spiro atoms. The first-order valence-electron chi connectivity index (χ1n) is 16.2. The van der Waals surface area contributed by atoms with Gasteiger partial charge in [-0.15, -0.1) is 11.3 Å². The highest BCUT2D eigenvalue weighted by molar-refractivity contribution is 7.25. The second-order valence-corrected chi connectivity index (χ2v) is 13.3. The van der Waals surface area contributed by atoms with Crippen LogP contribution < -0.4 is 5.73 Å². The Bertz CT molecular complexity index is 2610. The van der Waals surface area contributed by atoms with E-state index in [4.69, 9.17) is 10.7 Å². The molecule has 2 N–H and O–H groups in total. The topological polar surface area (TPSA) is 43.3 Å². The van der Waals surface area contributed by atoms with E-state index in [-0.39, 0.29) is 6.04 Å². The van der Waals surface area contributed by atoms with Gasteiger partial charge in [0.05, 0.1) is 22.8 Å². The summed E-state index contributed by atoms with van der Waals surface area (Å²) in [7, 11) is 0. The number of rotatable bonds is 6. The van der Waals surface area contributed by atoms with Crippen molar-refractivity contribution < 1.29 is 0 Å². The molecule has 0 aliphatic carbocycles. The van der Waals surface area contributed by atoms with E-state index in [1.165, 1.54) is 53.1 Å². The van der Waals surface area contributed by atoms with E-state index in [0.29, 0.717) is 0 Å². The highest BCUT2D eigenvalue weighted by Crippen LogP contribution is 2.41. The summed E-state index contributed by atoms with van der Waals surface area (Å²) in [5.41, 5.74) is 16.6. The van der Waals surface area contributed by atoms with Crippen LogP contribution in [0, 0.1) is 0 Å². The molecule has 48 heavy (non-hydrogen) atoms.